The van der Waals surface area contributed by atoms with Crippen LogP contribution in [0.25, 0.3) is 11.4 Å². The summed E-state index contributed by atoms with van der Waals surface area (Å²) >= 11 is 0. The Balaban J connectivity index is 1.20. The van der Waals surface area contributed by atoms with E-state index in [0.717, 1.165) is 44.2 Å². The van der Waals surface area contributed by atoms with Crippen molar-refractivity contribution in [2.75, 3.05) is 19.6 Å². The Bertz CT molecular complexity index is 1080. The second kappa shape index (κ2) is 9.20. The van der Waals surface area contributed by atoms with E-state index >= 15 is 0 Å². The third kappa shape index (κ3) is 4.58. The standard InChI is InChI=1S/C25H27FN4O2/c26-20-12-10-18(11-13-20)24-28-25(32-29-24)19-7-4-14-30(15-19)16-23(31)27-22-9-3-6-17-5-1-2-8-21(17)22/h1-2,5,8,10-13,19,22H,3-4,6-7,9,14-16H2,(H,27,31). The number of aryl methyl sites for hydroxylation is 1. The summed E-state index contributed by atoms with van der Waals surface area (Å²) in [6.07, 6.45) is 5.08. The molecule has 2 unspecified atom stereocenters. The zero-order valence-corrected chi connectivity index (χ0v) is 18.0. The van der Waals surface area contributed by atoms with Crippen molar-refractivity contribution >= 4 is 5.91 Å². The number of nitrogens with zero attached hydrogens (tertiary/aromatic N) is 3. The van der Waals surface area contributed by atoms with Gasteiger partial charge in [0.25, 0.3) is 0 Å². The number of rotatable bonds is 5. The molecule has 1 aliphatic carbocycles. The van der Waals surface area contributed by atoms with E-state index in [1.54, 1.807) is 12.1 Å². The van der Waals surface area contributed by atoms with Gasteiger partial charge in [0.05, 0.1) is 18.5 Å². The third-order valence-corrected chi connectivity index (χ3v) is 6.47. The van der Waals surface area contributed by atoms with Gasteiger partial charge in [0.1, 0.15) is 5.82 Å². The lowest BCUT2D eigenvalue weighted by molar-refractivity contribution is -0.123. The Hall–Kier alpha value is -3.06. The van der Waals surface area contributed by atoms with Gasteiger partial charge in [-0.15, -0.1) is 0 Å². The minimum Gasteiger partial charge on any atom is -0.348 e. The smallest absolute Gasteiger partial charge is 0.234 e. The van der Waals surface area contributed by atoms with Gasteiger partial charge in [0.2, 0.25) is 17.6 Å². The first-order valence-corrected chi connectivity index (χ1v) is 11.3. The highest BCUT2D eigenvalue weighted by molar-refractivity contribution is 5.78. The van der Waals surface area contributed by atoms with Gasteiger partial charge < -0.3 is 9.84 Å². The zero-order chi connectivity index (χ0) is 21.9. The quantitative estimate of drug-likeness (QED) is 0.650. The predicted octanol–water partition coefficient (Wildman–Crippen LogP) is 4.25. The second-order valence-electron chi connectivity index (χ2n) is 8.75. The summed E-state index contributed by atoms with van der Waals surface area (Å²) in [7, 11) is 0. The van der Waals surface area contributed by atoms with Gasteiger partial charge >= 0.3 is 0 Å². The van der Waals surface area contributed by atoms with E-state index in [0.29, 0.717) is 24.8 Å². The summed E-state index contributed by atoms with van der Waals surface area (Å²) in [5.74, 6) is 0.899. The van der Waals surface area contributed by atoms with Crippen LogP contribution >= 0.6 is 0 Å². The maximum atomic E-state index is 13.2. The summed E-state index contributed by atoms with van der Waals surface area (Å²) in [6, 6.07) is 14.6. The first-order valence-electron chi connectivity index (χ1n) is 11.3. The molecular weight excluding hydrogens is 407 g/mol. The number of aromatic nitrogens is 2. The Morgan fingerprint density at radius 2 is 1.97 bits per heavy atom. The maximum absolute atomic E-state index is 13.2. The number of nitrogens with one attached hydrogen (secondary N) is 1. The third-order valence-electron chi connectivity index (χ3n) is 6.47. The molecule has 1 saturated heterocycles. The van der Waals surface area contributed by atoms with Gasteiger partial charge in [0, 0.05) is 12.1 Å². The highest BCUT2D eigenvalue weighted by Gasteiger charge is 2.28. The van der Waals surface area contributed by atoms with E-state index in [9.17, 15) is 9.18 Å². The number of likely N-dealkylation sites (tertiary alicyclic amines) is 1. The molecule has 6 nitrogen and oxygen atoms in total. The summed E-state index contributed by atoms with van der Waals surface area (Å²) < 4.78 is 18.7. The van der Waals surface area contributed by atoms with E-state index in [4.69, 9.17) is 4.52 Å². The molecule has 0 spiro atoms. The van der Waals surface area contributed by atoms with Crippen molar-refractivity contribution in [3.8, 4) is 11.4 Å². The van der Waals surface area contributed by atoms with E-state index in [1.165, 1.54) is 23.3 Å². The molecule has 7 heteroatoms. The van der Waals surface area contributed by atoms with Crippen molar-refractivity contribution in [1.82, 2.24) is 20.4 Å². The topological polar surface area (TPSA) is 71.3 Å². The summed E-state index contributed by atoms with van der Waals surface area (Å²) in [4.78, 5) is 19.5. The lowest BCUT2D eigenvalue weighted by atomic mass is 9.88. The fourth-order valence-corrected chi connectivity index (χ4v) is 4.86. The van der Waals surface area contributed by atoms with Gasteiger partial charge in [-0.1, -0.05) is 29.4 Å². The van der Waals surface area contributed by atoms with Crippen LogP contribution in [0, 0.1) is 5.82 Å². The Kier molecular flexibility index (Phi) is 5.99. The van der Waals surface area contributed by atoms with Crippen molar-refractivity contribution in [2.45, 2.75) is 44.1 Å². The van der Waals surface area contributed by atoms with E-state index in [2.05, 4.69) is 38.6 Å². The molecular formula is C25H27FN4O2. The minimum absolute atomic E-state index is 0.0601. The number of amides is 1. The molecule has 1 aromatic heterocycles. The van der Waals surface area contributed by atoms with Crippen LogP contribution in [0.3, 0.4) is 0 Å². The molecule has 0 saturated carbocycles. The Labute approximate surface area is 186 Å². The molecule has 2 aliphatic rings. The Morgan fingerprint density at radius 3 is 2.84 bits per heavy atom. The lowest BCUT2D eigenvalue weighted by Crippen LogP contribution is -2.43. The molecule has 1 N–H and O–H groups in total. The number of hydrogen-bond acceptors (Lipinski definition) is 5. The van der Waals surface area contributed by atoms with E-state index in [-0.39, 0.29) is 23.7 Å². The van der Waals surface area contributed by atoms with Crippen molar-refractivity contribution in [3.05, 3.63) is 71.4 Å². The summed E-state index contributed by atoms with van der Waals surface area (Å²) in [5.41, 5.74) is 3.32. The van der Waals surface area contributed by atoms with Crippen LogP contribution in [0.1, 0.15) is 54.7 Å². The molecule has 5 rings (SSSR count). The van der Waals surface area contributed by atoms with Crippen molar-refractivity contribution < 1.29 is 13.7 Å². The highest BCUT2D eigenvalue weighted by atomic mass is 19.1. The van der Waals surface area contributed by atoms with Gasteiger partial charge in [-0.05, 0) is 74.0 Å². The molecule has 166 valence electrons. The number of carbonyl (C=O) groups is 1. The van der Waals surface area contributed by atoms with Crippen LogP contribution < -0.4 is 5.32 Å². The molecule has 32 heavy (non-hydrogen) atoms. The van der Waals surface area contributed by atoms with E-state index in [1.807, 2.05) is 6.07 Å². The van der Waals surface area contributed by atoms with Crippen molar-refractivity contribution in [2.24, 2.45) is 0 Å². The molecule has 2 atom stereocenters. The van der Waals surface area contributed by atoms with Crippen LogP contribution in [0.2, 0.25) is 0 Å². The lowest BCUT2D eigenvalue weighted by Gasteiger charge is -2.32. The predicted molar refractivity (Wildman–Crippen MR) is 118 cm³/mol. The molecule has 3 aromatic rings. The average molecular weight is 435 g/mol. The SMILES string of the molecule is O=C(CN1CCCC(c2nc(-c3ccc(F)cc3)no2)C1)NC1CCCc2ccccc21. The monoisotopic (exact) mass is 434 g/mol. The fraction of sp³-hybridized carbons (Fsp3) is 0.400. The molecule has 0 radical (unpaired) electrons. The van der Waals surface area contributed by atoms with Crippen molar-refractivity contribution in [1.29, 1.82) is 0 Å². The largest absolute Gasteiger partial charge is 0.348 e. The van der Waals surface area contributed by atoms with Gasteiger partial charge in [0.15, 0.2) is 0 Å². The van der Waals surface area contributed by atoms with Gasteiger partial charge in [-0.2, -0.15) is 4.98 Å². The molecule has 1 fully saturated rings. The Morgan fingerprint density at radius 1 is 1.12 bits per heavy atom. The molecule has 1 aliphatic heterocycles. The highest BCUT2D eigenvalue weighted by Crippen LogP contribution is 2.30. The van der Waals surface area contributed by atoms with E-state index < -0.39 is 0 Å². The van der Waals surface area contributed by atoms with Crippen LogP contribution in [0.15, 0.2) is 53.1 Å². The van der Waals surface area contributed by atoms with Crippen molar-refractivity contribution in [3.63, 3.8) is 0 Å². The molecule has 2 heterocycles. The average Bonchev–Trinajstić information content (AvgIpc) is 3.30. The first kappa shape index (κ1) is 20.8. The second-order valence-corrected chi connectivity index (χ2v) is 8.75. The normalized spacial score (nSPS) is 21.2. The van der Waals surface area contributed by atoms with Gasteiger partial charge in [-0.3, -0.25) is 9.69 Å². The van der Waals surface area contributed by atoms with Crippen LogP contribution in [-0.4, -0.2) is 40.6 Å². The van der Waals surface area contributed by atoms with Crippen LogP contribution in [0.4, 0.5) is 4.39 Å². The number of carbonyl (C=O) groups excluding carboxylic acids is 1. The number of hydrogen-bond donors (Lipinski definition) is 1. The molecule has 2 aromatic carbocycles. The van der Waals surface area contributed by atoms with Crippen LogP contribution in [-0.2, 0) is 11.2 Å². The number of halogens is 1. The number of piperidine rings is 1. The number of benzene rings is 2. The van der Waals surface area contributed by atoms with Crippen LogP contribution in [0.5, 0.6) is 0 Å². The number of fused-ring (bicyclic) bond motifs is 1. The first-order chi connectivity index (χ1) is 15.7. The molecule has 0 bridgehead atoms. The fourth-order valence-electron chi connectivity index (χ4n) is 4.86. The zero-order valence-electron chi connectivity index (χ0n) is 18.0. The maximum Gasteiger partial charge on any atom is 0.234 e. The molecule has 1 amide bonds. The summed E-state index contributed by atoms with van der Waals surface area (Å²) in [6.45, 7) is 1.96. The van der Waals surface area contributed by atoms with Gasteiger partial charge in [-0.25, -0.2) is 4.39 Å². The minimum atomic E-state index is -0.296. The summed E-state index contributed by atoms with van der Waals surface area (Å²) in [5, 5.41) is 7.31.